The third-order valence-electron chi connectivity index (χ3n) is 4.70. The number of halogens is 2. The molecule has 0 aromatic carbocycles. The molecule has 2 atom stereocenters. The van der Waals surface area contributed by atoms with Crippen LogP contribution in [0.5, 0.6) is 0 Å². The van der Waals surface area contributed by atoms with Gasteiger partial charge in [-0.2, -0.15) is 0 Å². The minimum Gasteiger partial charge on any atom is -0.356 e. The van der Waals surface area contributed by atoms with Crippen LogP contribution in [0.2, 0.25) is 5.02 Å². The SMILES string of the molecule is CN1CCCC2CN(c3ccc(Cl)c(CCl)n3)CCC21. The monoisotopic (exact) mass is 313 g/mol. The maximum atomic E-state index is 6.09. The highest BCUT2D eigenvalue weighted by atomic mass is 35.5. The second kappa shape index (κ2) is 6.08. The third-order valence-corrected chi connectivity index (χ3v) is 5.30. The Morgan fingerprint density at radius 2 is 2.15 bits per heavy atom. The van der Waals surface area contributed by atoms with Gasteiger partial charge < -0.3 is 9.80 Å². The standard InChI is InChI=1S/C15H21Cl2N3/c1-19-7-2-3-11-10-20(8-6-14(11)19)15-5-4-12(17)13(9-16)18-15/h4-5,11,14H,2-3,6-10H2,1H3. The van der Waals surface area contributed by atoms with Crippen LogP contribution < -0.4 is 4.90 Å². The summed E-state index contributed by atoms with van der Waals surface area (Å²) in [5.41, 5.74) is 0.786. The Hall–Kier alpha value is -0.510. The lowest BCUT2D eigenvalue weighted by atomic mass is 9.84. The molecule has 0 radical (unpaired) electrons. The number of likely N-dealkylation sites (tertiary alicyclic amines) is 1. The summed E-state index contributed by atoms with van der Waals surface area (Å²) in [6, 6.07) is 4.69. The molecule has 2 unspecified atom stereocenters. The van der Waals surface area contributed by atoms with Gasteiger partial charge in [0, 0.05) is 19.1 Å². The summed E-state index contributed by atoms with van der Waals surface area (Å²) in [6.07, 6.45) is 3.87. The first-order valence-corrected chi connectivity index (χ1v) is 8.27. The van der Waals surface area contributed by atoms with E-state index in [1.807, 2.05) is 12.1 Å². The Morgan fingerprint density at radius 3 is 2.95 bits per heavy atom. The van der Waals surface area contributed by atoms with Crippen molar-refractivity contribution in [2.24, 2.45) is 5.92 Å². The van der Waals surface area contributed by atoms with E-state index in [1.165, 1.54) is 25.8 Å². The van der Waals surface area contributed by atoms with E-state index in [1.54, 1.807) is 0 Å². The van der Waals surface area contributed by atoms with Crippen LogP contribution in [0, 0.1) is 5.92 Å². The van der Waals surface area contributed by atoms with E-state index in [2.05, 4.69) is 21.8 Å². The van der Waals surface area contributed by atoms with Crippen LogP contribution in [0.4, 0.5) is 5.82 Å². The van der Waals surface area contributed by atoms with Gasteiger partial charge in [0.15, 0.2) is 0 Å². The normalized spacial score (nSPS) is 27.4. The molecule has 20 heavy (non-hydrogen) atoms. The van der Waals surface area contributed by atoms with Gasteiger partial charge in [-0.3, -0.25) is 0 Å². The molecule has 1 aromatic rings. The number of fused-ring (bicyclic) bond motifs is 1. The number of alkyl halides is 1. The summed E-state index contributed by atoms with van der Waals surface area (Å²) >= 11 is 12.0. The summed E-state index contributed by atoms with van der Waals surface area (Å²) in [4.78, 5) is 9.55. The molecule has 0 aliphatic carbocycles. The summed E-state index contributed by atoms with van der Waals surface area (Å²) in [7, 11) is 2.26. The van der Waals surface area contributed by atoms with Crippen molar-refractivity contribution in [2.75, 3.05) is 31.6 Å². The zero-order valence-corrected chi connectivity index (χ0v) is 13.4. The molecule has 2 aliphatic heterocycles. The number of anilines is 1. The molecule has 3 heterocycles. The van der Waals surface area contributed by atoms with E-state index in [4.69, 9.17) is 23.2 Å². The fourth-order valence-corrected chi connectivity index (χ4v) is 4.05. The molecule has 2 aliphatic rings. The Kier molecular flexibility index (Phi) is 4.39. The molecule has 0 saturated carbocycles. The second-order valence-electron chi connectivity index (χ2n) is 5.92. The van der Waals surface area contributed by atoms with E-state index < -0.39 is 0 Å². The molecule has 1 aromatic heterocycles. The maximum Gasteiger partial charge on any atom is 0.128 e. The Morgan fingerprint density at radius 1 is 1.30 bits per heavy atom. The highest BCUT2D eigenvalue weighted by Gasteiger charge is 2.34. The predicted molar refractivity (Wildman–Crippen MR) is 84.8 cm³/mol. The number of hydrogen-bond acceptors (Lipinski definition) is 3. The fourth-order valence-electron chi connectivity index (χ4n) is 3.60. The smallest absolute Gasteiger partial charge is 0.128 e. The summed E-state index contributed by atoms with van der Waals surface area (Å²) in [5, 5.41) is 0.663. The van der Waals surface area contributed by atoms with Gasteiger partial charge in [0.1, 0.15) is 5.82 Å². The molecule has 0 amide bonds. The molecule has 3 nitrogen and oxygen atoms in total. The van der Waals surface area contributed by atoms with E-state index >= 15 is 0 Å². The van der Waals surface area contributed by atoms with Gasteiger partial charge in [0.2, 0.25) is 0 Å². The molecular formula is C15H21Cl2N3. The minimum absolute atomic E-state index is 0.370. The first kappa shape index (κ1) is 14.4. The second-order valence-corrected chi connectivity index (χ2v) is 6.59. The zero-order chi connectivity index (χ0) is 14.1. The number of pyridine rings is 1. The average Bonchev–Trinajstić information content (AvgIpc) is 2.47. The number of rotatable bonds is 2. The molecule has 0 spiro atoms. The lowest BCUT2D eigenvalue weighted by molar-refractivity contribution is 0.102. The van der Waals surface area contributed by atoms with Crippen molar-refractivity contribution in [1.82, 2.24) is 9.88 Å². The molecule has 3 rings (SSSR count). The van der Waals surface area contributed by atoms with Crippen molar-refractivity contribution in [1.29, 1.82) is 0 Å². The van der Waals surface area contributed by atoms with Crippen LogP contribution >= 0.6 is 23.2 Å². The topological polar surface area (TPSA) is 19.4 Å². The number of aromatic nitrogens is 1. The quantitative estimate of drug-likeness (QED) is 0.780. The van der Waals surface area contributed by atoms with Crippen molar-refractivity contribution in [3.05, 3.63) is 22.8 Å². The average molecular weight is 314 g/mol. The maximum absolute atomic E-state index is 6.09. The van der Waals surface area contributed by atoms with Crippen LogP contribution in [0.1, 0.15) is 25.0 Å². The third kappa shape index (κ3) is 2.76. The zero-order valence-electron chi connectivity index (χ0n) is 11.9. The van der Waals surface area contributed by atoms with Gasteiger partial charge >= 0.3 is 0 Å². The minimum atomic E-state index is 0.370. The molecule has 0 N–H and O–H groups in total. The van der Waals surface area contributed by atoms with Gasteiger partial charge in [-0.1, -0.05) is 11.6 Å². The van der Waals surface area contributed by atoms with Gasteiger partial charge in [-0.15, -0.1) is 11.6 Å². The van der Waals surface area contributed by atoms with E-state index in [0.29, 0.717) is 10.9 Å². The summed E-state index contributed by atoms with van der Waals surface area (Å²) in [6.45, 7) is 3.42. The Bertz CT molecular complexity index is 480. The van der Waals surface area contributed by atoms with E-state index in [0.717, 1.165) is 36.6 Å². The number of piperidine rings is 2. The van der Waals surface area contributed by atoms with E-state index in [-0.39, 0.29) is 0 Å². The Balaban J connectivity index is 1.76. The van der Waals surface area contributed by atoms with Crippen molar-refractivity contribution in [2.45, 2.75) is 31.2 Å². The van der Waals surface area contributed by atoms with Crippen molar-refractivity contribution >= 4 is 29.0 Å². The van der Waals surface area contributed by atoms with Crippen molar-refractivity contribution in [3.8, 4) is 0 Å². The molecule has 110 valence electrons. The van der Waals surface area contributed by atoms with Crippen molar-refractivity contribution in [3.63, 3.8) is 0 Å². The number of nitrogens with zero attached hydrogens (tertiary/aromatic N) is 3. The molecule has 2 saturated heterocycles. The van der Waals surface area contributed by atoms with Crippen LogP contribution in [0.3, 0.4) is 0 Å². The lowest BCUT2D eigenvalue weighted by Crippen LogP contribution is -2.52. The fraction of sp³-hybridized carbons (Fsp3) is 0.667. The van der Waals surface area contributed by atoms with Crippen LogP contribution in [0.25, 0.3) is 0 Å². The van der Waals surface area contributed by atoms with Crippen LogP contribution in [0.15, 0.2) is 12.1 Å². The first-order chi connectivity index (χ1) is 9.69. The van der Waals surface area contributed by atoms with Crippen molar-refractivity contribution < 1.29 is 0 Å². The number of hydrogen-bond donors (Lipinski definition) is 0. The van der Waals surface area contributed by atoms with Gasteiger partial charge in [0.25, 0.3) is 0 Å². The molecular weight excluding hydrogens is 293 g/mol. The summed E-state index contributed by atoms with van der Waals surface area (Å²) in [5.74, 6) is 2.16. The molecule has 2 fully saturated rings. The highest BCUT2D eigenvalue weighted by Crippen LogP contribution is 2.32. The first-order valence-electron chi connectivity index (χ1n) is 7.35. The summed E-state index contributed by atoms with van der Waals surface area (Å²) < 4.78 is 0. The van der Waals surface area contributed by atoms with Crippen LogP contribution in [-0.4, -0.2) is 42.6 Å². The van der Waals surface area contributed by atoms with Gasteiger partial charge in [-0.25, -0.2) is 4.98 Å². The predicted octanol–water partition coefficient (Wildman–Crippen LogP) is 3.39. The lowest BCUT2D eigenvalue weighted by Gasteiger charge is -2.46. The highest BCUT2D eigenvalue weighted by molar-refractivity contribution is 6.32. The molecule has 5 heteroatoms. The van der Waals surface area contributed by atoms with Gasteiger partial charge in [0.05, 0.1) is 16.6 Å². The largest absolute Gasteiger partial charge is 0.356 e. The Labute approximate surface area is 130 Å². The van der Waals surface area contributed by atoms with Crippen LogP contribution in [-0.2, 0) is 5.88 Å². The van der Waals surface area contributed by atoms with Gasteiger partial charge in [-0.05, 0) is 50.9 Å². The van der Waals surface area contributed by atoms with E-state index in [9.17, 15) is 0 Å². The molecule has 0 bridgehead atoms.